The highest BCUT2D eigenvalue weighted by Gasteiger charge is 2.30. The largest absolute Gasteiger partial charge is 0.480 e. The Balaban J connectivity index is 0.00000162. The van der Waals surface area contributed by atoms with Crippen LogP contribution in [0.2, 0.25) is 0 Å². The molecule has 0 spiro atoms. The van der Waals surface area contributed by atoms with Crippen molar-refractivity contribution in [2.45, 2.75) is 25.4 Å². The molecule has 2 rings (SSSR count). The predicted molar refractivity (Wildman–Crippen MR) is 72.4 cm³/mol. The standard InChI is InChI=1S/C12H13BrFNO2.ClH/c13-10-4-3-9(14)6-8(10)7-15-5-1-2-11(15)12(16)17;/h3-4,6,11H,1-2,5,7H2,(H,16,17);1H. The third kappa shape index (κ3) is 3.43. The van der Waals surface area contributed by atoms with Crippen molar-refractivity contribution in [3.63, 3.8) is 0 Å². The second-order valence-corrected chi connectivity index (χ2v) is 5.06. The summed E-state index contributed by atoms with van der Waals surface area (Å²) in [6, 6.07) is 4.04. The summed E-state index contributed by atoms with van der Waals surface area (Å²) in [6.45, 7) is 1.22. The van der Waals surface area contributed by atoms with E-state index in [1.54, 1.807) is 6.07 Å². The minimum Gasteiger partial charge on any atom is -0.480 e. The number of carboxylic acids is 1. The molecule has 0 aromatic heterocycles. The van der Waals surface area contributed by atoms with Gasteiger partial charge in [-0.05, 0) is 43.1 Å². The van der Waals surface area contributed by atoms with Gasteiger partial charge in [0.15, 0.2) is 0 Å². The van der Waals surface area contributed by atoms with Crippen LogP contribution in [-0.4, -0.2) is 28.6 Å². The van der Waals surface area contributed by atoms with E-state index in [1.165, 1.54) is 12.1 Å². The van der Waals surface area contributed by atoms with Crippen LogP contribution in [0.25, 0.3) is 0 Å². The summed E-state index contributed by atoms with van der Waals surface area (Å²) in [6.07, 6.45) is 1.55. The number of benzene rings is 1. The summed E-state index contributed by atoms with van der Waals surface area (Å²) in [5, 5.41) is 9.06. The molecule has 0 bridgehead atoms. The van der Waals surface area contributed by atoms with Gasteiger partial charge in [0.05, 0.1) is 0 Å². The fourth-order valence-electron chi connectivity index (χ4n) is 2.18. The maximum absolute atomic E-state index is 13.1. The van der Waals surface area contributed by atoms with E-state index in [1.807, 2.05) is 4.90 Å². The highest BCUT2D eigenvalue weighted by Crippen LogP contribution is 2.24. The van der Waals surface area contributed by atoms with Crippen molar-refractivity contribution in [3.8, 4) is 0 Å². The van der Waals surface area contributed by atoms with E-state index in [0.717, 1.165) is 23.0 Å². The zero-order valence-electron chi connectivity index (χ0n) is 9.60. The molecule has 3 nitrogen and oxygen atoms in total. The van der Waals surface area contributed by atoms with Crippen molar-refractivity contribution < 1.29 is 14.3 Å². The minimum atomic E-state index is -0.796. The lowest BCUT2D eigenvalue weighted by Gasteiger charge is -2.21. The molecule has 18 heavy (non-hydrogen) atoms. The molecule has 1 unspecified atom stereocenters. The first-order chi connectivity index (χ1) is 8.08. The molecule has 1 fully saturated rings. The van der Waals surface area contributed by atoms with Gasteiger partial charge >= 0.3 is 5.97 Å². The average Bonchev–Trinajstić information content (AvgIpc) is 2.71. The van der Waals surface area contributed by atoms with Gasteiger partial charge in [-0.3, -0.25) is 9.69 Å². The highest BCUT2D eigenvalue weighted by molar-refractivity contribution is 9.10. The molecule has 6 heteroatoms. The van der Waals surface area contributed by atoms with Crippen LogP contribution in [0.3, 0.4) is 0 Å². The van der Waals surface area contributed by atoms with Crippen LogP contribution in [-0.2, 0) is 11.3 Å². The Hall–Kier alpha value is -0.650. The van der Waals surface area contributed by atoms with Gasteiger partial charge in [0.1, 0.15) is 11.9 Å². The monoisotopic (exact) mass is 337 g/mol. The van der Waals surface area contributed by atoms with Crippen molar-refractivity contribution in [2.24, 2.45) is 0 Å². The van der Waals surface area contributed by atoms with Gasteiger partial charge < -0.3 is 5.11 Å². The quantitative estimate of drug-likeness (QED) is 0.921. The first-order valence-corrected chi connectivity index (χ1v) is 6.28. The van der Waals surface area contributed by atoms with Crippen LogP contribution in [0.5, 0.6) is 0 Å². The summed E-state index contributed by atoms with van der Waals surface area (Å²) >= 11 is 3.35. The van der Waals surface area contributed by atoms with Gasteiger partial charge in [-0.15, -0.1) is 12.4 Å². The molecule has 1 heterocycles. The second-order valence-electron chi connectivity index (χ2n) is 4.20. The van der Waals surface area contributed by atoms with Crippen LogP contribution in [0.1, 0.15) is 18.4 Å². The van der Waals surface area contributed by atoms with Crippen molar-refractivity contribution in [1.29, 1.82) is 0 Å². The van der Waals surface area contributed by atoms with Gasteiger partial charge in [0.2, 0.25) is 0 Å². The number of hydrogen-bond donors (Lipinski definition) is 1. The van der Waals surface area contributed by atoms with E-state index in [4.69, 9.17) is 5.11 Å². The van der Waals surface area contributed by atoms with Crippen molar-refractivity contribution in [3.05, 3.63) is 34.1 Å². The highest BCUT2D eigenvalue weighted by atomic mass is 79.9. The molecule has 1 N–H and O–H groups in total. The number of carbonyl (C=O) groups is 1. The fourth-order valence-corrected chi connectivity index (χ4v) is 2.55. The van der Waals surface area contributed by atoms with E-state index in [0.29, 0.717) is 13.0 Å². The molecular weight excluding hydrogens is 324 g/mol. The number of nitrogens with zero attached hydrogens (tertiary/aromatic N) is 1. The first-order valence-electron chi connectivity index (χ1n) is 5.48. The number of carboxylic acid groups (broad SMARTS) is 1. The molecular formula is C12H14BrClFNO2. The first kappa shape index (κ1) is 15.4. The summed E-state index contributed by atoms with van der Waals surface area (Å²) in [7, 11) is 0. The molecule has 1 aromatic carbocycles. The van der Waals surface area contributed by atoms with Gasteiger partial charge in [-0.2, -0.15) is 0 Å². The average molecular weight is 339 g/mol. The molecule has 0 amide bonds. The summed E-state index contributed by atoms with van der Waals surface area (Å²) in [5.74, 6) is -1.09. The van der Waals surface area contributed by atoms with Gasteiger partial charge in [-0.1, -0.05) is 15.9 Å². The Labute approximate surface area is 120 Å². The molecule has 1 aliphatic heterocycles. The zero-order chi connectivity index (χ0) is 12.4. The van der Waals surface area contributed by atoms with Gasteiger partial charge in [0.25, 0.3) is 0 Å². The Morgan fingerprint density at radius 1 is 1.56 bits per heavy atom. The minimum absolute atomic E-state index is 0. The Bertz CT molecular complexity index is 444. The van der Waals surface area contributed by atoms with E-state index in [2.05, 4.69) is 15.9 Å². The van der Waals surface area contributed by atoms with Gasteiger partial charge in [0, 0.05) is 11.0 Å². The van der Waals surface area contributed by atoms with E-state index < -0.39 is 12.0 Å². The second kappa shape index (κ2) is 6.50. The number of rotatable bonds is 3. The van der Waals surface area contributed by atoms with Crippen molar-refractivity contribution in [2.75, 3.05) is 6.54 Å². The Kier molecular flexibility index (Phi) is 5.56. The van der Waals surface area contributed by atoms with Crippen LogP contribution in [0.4, 0.5) is 4.39 Å². The SMILES string of the molecule is Cl.O=C(O)C1CCCN1Cc1cc(F)ccc1Br. The van der Waals surface area contributed by atoms with Crippen LogP contribution >= 0.6 is 28.3 Å². The lowest BCUT2D eigenvalue weighted by Crippen LogP contribution is -2.35. The normalized spacial score (nSPS) is 19.6. The van der Waals surface area contributed by atoms with Crippen molar-refractivity contribution >= 4 is 34.3 Å². The lowest BCUT2D eigenvalue weighted by atomic mass is 10.2. The molecule has 1 atom stereocenters. The molecule has 0 saturated carbocycles. The summed E-state index contributed by atoms with van der Waals surface area (Å²) in [4.78, 5) is 12.9. The summed E-state index contributed by atoms with van der Waals surface area (Å²) in [5.41, 5.74) is 0.790. The number of halogens is 3. The Morgan fingerprint density at radius 3 is 2.94 bits per heavy atom. The molecule has 1 aromatic rings. The third-order valence-electron chi connectivity index (χ3n) is 3.03. The van der Waals surface area contributed by atoms with Crippen LogP contribution in [0, 0.1) is 5.82 Å². The summed E-state index contributed by atoms with van der Waals surface area (Å²) < 4.78 is 13.9. The zero-order valence-corrected chi connectivity index (χ0v) is 12.0. The van der Waals surface area contributed by atoms with Crippen molar-refractivity contribution in [1.82, 2.24) is 4.90 Å². The topological polar surface area (TPSA) is 40.5 Å². The lowest BCUT2D eigenvalue weighted by molar-refractivity contribution is -0.142. The van der Waals surface area contributed by atoms with E-state index in [-0.39, 0.29) is 18.2 Å². The Morgan fingerprint density at radius 2 is 2.28 bits per heavy atom. The molecule has 1 saturated heterocycles. The van der Waals surface area contributed by atoms with Gasteiger partial charge in [-0.25, -0.2) is 4.39 Å². The van der Waals surface area contributed by atoms with E-state index in [9.17, 15) is 9.18 Å². The third-order valence-corrected chi connectivity index (χ3v) is 3.80. The molecule has 100 valence electrons. The molecule has 0 radical (unpaired) electrons. The smallest absolute Gasteiger partial charge is 0.320 e. The van der Waals surface area contributed by atoms with Crippen LogP contribution in [0.15, 0.2) is 22.7 Å². The molecule has 0 aliphatic carbocycles. The number of aliphatic carboxylic acids is 1. The van der Waals surface area contributed by atoms with E-state index >= 15 is 0 Å². The van der Waals surface area contributed by atoms with Crippen LogP contribution < -0.4 is 0 Å². The number of hydrogen-bond acceptors (Lipinski definition) is 2. The number of likely N-dealkylation sites (tertiary alicyclic amines) is 1. The maximum atomic E-state index is 13.1. The fraction of sp³-hybridized carbons (Fsp3) is 0.417. The maximum Gasteiger partial charge on any atom is 0.320 e. The molecule has 1 aliphatic rings. The predicted octanol–water partition coefficient (Wildman–Crippen LogP) is 3.06.